The molecule has 0 atom stereocenters. The van der Waals surface area contributed by atoms with Crippen molar-refractivity contribution in [2.75, 3.05) is 12.4 Å². The molecule has 18 heavy (non-hydrogen) atoms. The number of nitrogens with zero attached hydrogens (tertiary/aromatic N) is 3. The Labute approximate surface area is 112 Å². The molecule has 0 bridgehead atoms. The molecule has 0 saturated heterocycles. The molecule has 0 N–H and O–H groups in total. The van der Waals surface area contributed by atoms with Crippen LogP contribution in [0.4, 0.5) is 0 Å². The van der Waals surface area contributed by atoms with Crippen molar-refractivity contribution < 1.29 is 9.53 Å². The Balaban J connectivity index is 2.48. The molecule has 0 amide bonds. The molecule has 0 unspecified atom stereocenters. The Morgan fingerprint density at radius 3 is 2.89 bits per heavy atom. The highest BCUT2D eigenvalue weighted by Gasteiger charge is 2.11. The fraction of sp³-hybridized carbons (Fsp3) is 0.583. The van der Waals surface area contributed by atoms with Gasteiger partial charge in [-0.15, -0.1) is 16.8 Å². The highest BCUT2D eigenvalue weighted by molar-refractivity contribution is 7.99. The van der Waals surface area contributed by atoms with Crippen LogP contribution in [-0.4, -0.2) is 33.1 Å². The van der Waals surface area contributed by atoms with Crippen LogP contribution in [-0.2, 0) is 16.1 Å². The van der Waals surface area contributed by atoms with Gasteiger partial charge in [-0.2, -0.15) is 0 Å². The third-order valence-corrected chi connectivity index (χ3v) is 3.05. The molecule has 1 aromatic rings. The van der Waals surface area contributed by atoms with E-state index in [0.717, 1.165) is 5.82 Å². The lowest BCUT2D eigenvalue weighted by Gasteiger charge is -2.07. The minimum absolute atomic E-state index is 0.223. The molecule has 0 radical (unpaired) electrons. The number of carbonyl (C=O) groups is 1. The van der Waals surface area contributed by atoms with Crippen LogP contribution in [0.1, 0.15) is 19.7 Å². The summed E-state index contributed by atoms with van der Waals surface area (Å²) in [7, 11) is 0. The molecule has 1 heterocycles. The lowest BCUT2D eigenvalue weighted by Crippen LogP contribution is -2.12. The fourth-order valence-corrected chi connectivity index (χ4v) is 2.02. The van der Waals surface area contributed by atoms with Crippen LogP contribution in [0, 0.1) is 12.8 Å². The number of aromatic nitrogens is 3. The van der Waals surface area contributed by atoms with Crippen molar-refractivity contribution in [3.05, 3.63) is 18.5 Å². The number of ether oxygens (including phenoxy) is 1. The van der Waals surface area contributed by atoms with E-state index in [1.54, 1.807) is 6.08 Å². The first-order valence-corrected chi connectivity index (χ1v) is 6.82. The van der Waals surface area contributed by atoms with Crippen LogP contribution in [0.2, 0.25) is 0 Å². The first kappa shape index (κ1) is 14.8. The third-order valence-electron chi connectivity index (χ3n) is 2.11. The first-order valence-electron chi connectivity index (χ1n) is 5.83. The average molecular weight is 269 g/mol. The summed E-state index contributed by atoms with van der Waals surface area (Å²) in [6, 6.07) is 0. The minimum Gasteiger partial charge on any atom is -0.465 e. The SMILES string of the molecule is C=CCn1c(C)nnc1SCC(=O)OCC(C)C. The van der Waals surface area contributed by atoms with Gasteiger partial charge in [-0.3, -0.25) is 4.79 Å². The van der Waals surface area contributed by atoms with E-state index in [0.29, 0.717) is 24.2 Å². The van der Waals surface area contributed by atoms with E-state index in [1.165, 1.54) is 11.8 Å². The minimum atomic E-state index is -0.223. The summed E-state index contributed by atoms with van der Waals surface area (Å²) < 4.78 is 7.00. The quantitative estimate of drug-likeness (QED) is 0.431. The monoisotopic (exact) mass is 269 g/mol. The van der Waals surface area contributed by atoms with E-state index >= 15 is 0 Å². The Hall–Kier alpha value is -1.30. The topological polar surface area (TPSA) is 57.0 Å². The Kier molecular flexibility index (Phi) is 5.91. The summed E-state index contributed by atoms with van der Waals surface area (Å²) >= 11 is 1.33. The molecule has 6 heteroatoms. The van der Waals surface area contributed by atoms with Crippen LogP contribution < -0.4 is 0 Å². The molecule has 1 aromatic heterocycles. The molecule has 0 aliphatic carbocycles. The van der Waals surface area contributed by atoms with Crippen molar-refractivity contribution in [2.24, 2.45) is 5.92 Å². The second-order valence-corrected chi connectivity index (χ2v) is 5.24. The molecule has 0 fully saturated rings. The van der Waals surface area contributed by atoms with Crippen LogP contribution in [0.15, 0.2) is 17.8 Å². The van der Waals surface area contributed by atoms with E-state index < -0.39 is 0 Å². The highest BCUT2D eigenvalue weighted by Crippen LogP contribution is 2.17. The largest absolute Gasteiger partial charge is 0.465 e. The van der Waals surface area contributed by atoms with Gasteiger partial charge in [0.05, 0.1) is 12.4 Å². The summed E-state index contributed by atoms with van der Waals surface area (Å²) in [5, 5.41) is 8.72. The van der Waals surface area contributed by atoms with E-state index in [9.17, 15) is 4.79 Å². The number of carbonyl (C=O) groups excluding carboxylic acids is 1. The zero-order valence-electron chi connectivity index (χ0n) is 11.0. The van der Waals surface area contributed by atoms with Gasteiger partial charge in [0.1, 0.15) is 5.82 Å². The van der Waals surface area contributed by atoms with Gasteiger partial charge in [0.25, 0.3) is 0 Å². The summed E-state index contributed by atoms with van der Waals surface area (Å²) in [5.41, 5.74) is 0. The zero-order valence-corrected chi connectivity index (χ0v) is 11.9. The number of rotatable bonds is 7. The third kappa shape index (κ3) is 4.52. The lowest BCUT2D eigenvalue weighted by molar-refractivity contribution is -0.141. The Bertz CT molecular complexity index is 415. The summed E-state index contributed by atoms with van der Waals surface area (Å²) in [6.45, 7) is 10.7. The molecule has 0 spiro atoms. The van der Waals surface area contributed by atoms with Gasteiger partial charge in [0.2, 0.25) is 0 Å². The Morgan fingerprint density at radius 2 is 2.28 bits per heavy atom. The zero-order chi connectivity index (χ0) is 13.5. The molecular formula is C12H19N3O2S. The summed E-state index contributed by atoms with van der Waals surface area (Å²) in [6.07, 6.45) is 1.78. The maximum atomic E-state index is 11.5. The van der Waals surface area contributed by atoms with Crippen LogP contribution in [0.5, 0.6) is 0 Å². The van der Waals surface area contributed by atoms with Crippen LogP contribution in [0.25, 0.3) is 0 Å². The van der Waals surface area contributed by atoms with Crippen molar-refractivity contribution >= 4 is 17.7 Å². The molecule has 1 rings (SSSR count). The van der Waals surface area contributed by atoms with E-state index in [2.05, 4.69) is 16.8 Å². The van der Waals surface area contributed by atoms with Crippen LogP contribution in [0.3, 0.4) is 0 Å². The van der Waals surface area contributed by atoms with Gasteiger partial charge in [-0.1, -0.05) is 31.7 Å². The maximum Gasteiger partial charge on any atom is 0.316 e. The van der Waals surface area contributed by atoms with Gasteiger partial charge in [-0.05, 0) is 12.8 Å². The molecule has 0 aliphatic rings. The average Bonchev–Trinajstić information content (AvgIpc) is 2.66. The van der Waals surface area contributed by atoms with E-state index in [-0.39, 0.29) is 11.7 Å². The molecule has 0 saturated carbocycles. The van der Waals surface area contributed by atoms with Gasteiger partial charge >= 0.3 is 5.97 Å². The normalized spacial score (nSPS) is 10.7. The van der Waals surface area contributed by atoms with Crippen molar-refractivity contribution in [1.82, 2.24) is 14.8 Å². The number of hydrogen-bond acceptors (Lipinski definition) is 5. The molecule has 5 nitrogen and oxygen atoms in total. The standard InChI is InChI=1S/C12H19N3O2S/c1-5-6-15-10(4)13-14-12(15)18-8-11(16)17-7-9(2)3/h5,9H,1,6-8H2,2-4H3. The number of hydrogen-bond donors (Lipinski definition) is 0. The van der Waals surface area contributed by atoms with Gasteiger partial charge in [0, 0.05) is 6.54 Å². The van der Waals surface area contributed by atoms with Crippen molar-refractivity contribution in [3.63, 3.8) is 0 Å². The summed E-state index contributed by atoms with van der Waals surface area (Å²) in [5.74, 6) is 1.19. The van der Waals surface area contributed by atoms with Crippen molar-refractivity contribution in [1.29, 1.82) is 0 Å². The molecule has 0 aliphatic heterocycles. The number of aryl methyl sites for hydroxylation is 1. The molecule has 100 valence electrons. The second-order valence-electron chi connectivity index (χ2n) is 4.29. The van der Waals surface area contributed by atoms with E-state index in [1.807, 2.05) is 25.3 Å². The lowest BCUT2D eigenvalue weighted by atomic mass is 10.2. The predicted octanol–water partition coefficient (Wildman–Crippen LogP) is 2.06. The predicted molar refractivity (Wildman–Crippen MR) is 71.5 cm³/mol. The molecular weight excluding hydrogens is 250 g/mol. The van der Waals surface area contributed by atoms with Crippen molar-refractivity contribution in [2.45, 2.75) is 32.5 Å². The maximum absolute atomic E-state index is 11.5. The number of allylic oxidation sites excluding steroid dienone is 1. The first-order chi connectivity index (χ1) is 8.54. The second kappa shape index (κ2) is 7.20. The van der Waals surface area contributed by atoms with Crippen LogP contribution >= 0.6 is 11.8 Å². The highest BCUT2D eigenvalue weighted by atomic mass is 32.2. The fourth-order valence-electron chi connectivity index (χ4n) is 1.23. The number of esters is 1. The van der Waals surface area contributed by atoms with Crippen molar-refractivity contribution in [3.8, 4) is 0 Å². The Morgan fingerprint density at radius 1 is 1.56 bits per heavy atom. The van der Waals surface area contributed by atoms with Gasteiger partial charge < -0.3 is 9.30 Å². The number of thioether (sulfide) groups is 1. The van der Waals surface area contributed by atoms with Gasteiger partial charge in [-0.25, -0.2) is 0 Å². The summed E-state index contributed by atoms with van der Waals surface area (Å²) in [4.78, 5) is 11.5. The smallest absolute Gasteiger partial charge is 0.316 e. The van der Waals surface area contributed by atoms with E-state index in [4.69, 9.17) is 4.74 Å². The van der Waals surface area contributed by atoms with Gasteiger partial charge in [0.15, 0.2) is 5.16 Å². The molecule has 0 aromatic carbocycles.